The zero-order valence-electron chi connectivity index (χ0n) is 16.7. The minimum atomic E-state index is -4.48. The summed E-state index contributed by atoms with van der Waals surface area (Å²) in [6.45, 7) is 4.31. The van der Waals surface area contributed by atoms with Gasteiger partial charge in [-0.25, -0.2) is 9.97 Å². The molecule has 0 amide bonds. The fraction of sp³-hybridized carbons (Fsp3) is 0.429. The van der Waals surface area contributed by atoms with Crippen LogP contribution >= 0.6 is 0 Å². The number of nitrogens with one attached hydrogen (secondary N) is 1. The minimum Gasteiger partial charge on any atom is -0.340 e. The van der Waals surface area contributed by atoms with Crippen molar-refractivity contribution in [3.8, 4) is 0 Å². The number of halogens is 3. The monoisotopic (exact) mass is 416 g/mol. The summed E-state index contributed by atoms with van der Waals surface area (Å²) in [6.07, 6.45) is 0.618. The minimum absolute atomic E-state index is 0.0323. The molecule has 3 aromatic rings. The molecular formula is C21H23F3N6. The number of alkyl halides is 3. The van der Waals surface area contributed by atoms with Gasteiger partial charge >= 0.3 is 6.18 Å². The quantitative estimate of drug-likeness (QED) is 0.679. The van der Waals surface area contributed by atoms with Crippen molar-refractivity contribution in [2.45, 2.75) is 39.0 Å². The topological polar surface area (TPSA) is 66.8 Å². The van der Waals surface area contributed by atoms with E-state index in [1.165, 1.54) is 18.6 Å². The highest BCUT2D eigenvalue weighted by Crippen LogP contribution is 2.30. The smallest absolute Gasteiger partial charge is 0.340 e. The molecule has 3 aromatic heterocycles. The largest absolute Gasteiger partial charge is 0.433 e. The van der Waals surface area contributed by atoms with Crippen LogP contribution in [0.25, 0.3) is 11.0 Å². The number of rotatable bonds is 5. The second kappa shape index (κ2) is 8.51. The Bertz CT molecular complexity index is 1020. The van der Waals surface area contributed by atoms with Crippen molar-refractivity contribution < 1.29 is 13.2 Å². The molecule has 9 heteroatoms. The fourth-order valence-corrected chi connectivity index (χ4v) is 3.81. The van der Waals surface area contributed by atoms with Crippen LogP contribution in [-0.4, -0.2) is 33.0 Å². The Morgan fingerprint density at radius 3 is 2.70 bits per heavy atom. The van der Waals surface area contributed by atoms with E-state index in [9.17, 15) is 13.2 Å². The molecule has 1 fully saturated rings. The highest BCUT2D eigenvalue weighted by molar-refractivity contribution is 5.78. The lowest BCUT2D eigenvalue weighted by molar-refractivity contribution is -0.141. The van der Waals surface area contributed by atoms with E-state index in [1.807, 2.05) is 6.07 Å². The van der Waals surface area contributed by atoms with E-state index in [0.717, 1.165) is 36.8 Å². The molecule has 6 nitrogen and oxygen atoms in total. The molecule has 4 heterocycles. The number of pyridine rings is 2. The van der Waals surface area contributed by atoms with E-state index in [-0.39, 0.29) is 12.1 Å². The van der Waals surface area contributed by atoms with Crippen LogP contribution in [0.2, 0.25) is 0 Å². The average molecular weight is 416 g/mol. The molecule has 0 spiro atoms. The Hall–Kier alpha value is -2.81. The summed E-state index contributed by atoms with van der Waals surface area (Å²) in [5.41, 5.74) is 0.551. The van der Waals surface area contributed by atoms with Crippen LogP contribution in [0.4, 0.5) is 19.1 Å². The maximum absolute atomic E-state index is 13.2. The molecule has 4 rings (SSSR count). The Morgan fingerprint density at radius 1 is 1.10 bits per heavy atom. The molecule has 0 bridgehead atoms. The van der Waals surface area contributed by atoms with Crippen molar-refractivity contribution in [3.63, 3.8) is 0 Å². The zero-order chi connectivity index (χ0) is 21.1. The summed E-state index contributed by atoms with van der Waals surface area (Å²) in [6, 6.07) is 6.63. The number of aromatic nitrogens is 4. The van der Waals surface area contributed by atoms with Gasteiger partial charge in [-0.3, -0.25) is 4.98 Å². The van der Waals surface area contributed by atoms with Gasteiger partial charge in [0.05, 0.1) is 5.69 Å². The van der Waals surface area contributed by atoms with Crippen molar-refractivity contribution in [1.29, 1.82) is 0 Å². The van der Waals surface area contributed by atoms with Crippen molar-refractivity contribution in [3.05, 3.63) is 53.6 Å². The third-order valence-electron chi connectivity index (χ3n) is 5.25. The Kier molecular flexibility index (Phi) is 5.80. The van der Waals surface area contributed by atoms with Gasteiger partial charge in [-0.2, -0.15) is 18.2 Å². The number of nitrogens with zero attached hydrogens (tertiary/aromatic N) is 5. The summed E-state index contributed by atoms with van der Waals surface area (Å²) in [5.74, 6) is 1.19. The molecule has 1 atom stereocenters. The first kappa shape index (κ1) is 20.5. The molecule has 1 aliphatic rings. The third kappa shape index (κ3) is 4.51. The predicted octanol–water partition coefficient (Wildman–Crippen LogP) is 3.96. The predicted molar refractivity (Wildman–Crippen MR) is 108 cm³/mol. The van der Waals surface area contributed by atoms with Crippen LogP contribution in [0.3, 0.4) is 0 Å². The summed E-state index contributed by atoms with van der Waals surface area (Å²) in [4.78, 5) is 19.4. The Balaban J connectivity index is 1.57. The summed E-state index contributed by atoms with van der Waals surface area (Å²) in [5, 5.41) is 3.88. The Labute approximate surface area is 172 Å². The molecule has 0 saturated carbocycles. The van der Waals surface area contributed by atoms with E-state index in [4.69, 9.17) is 4.98 Å². The number of fused-ring (bicyclic) bond motifs is 1. The van der Waals surface area contributed by atoms with E-state index in [2.05, 4.69) is 32.1 Å². The number of anilines is 1. The lowest BCUT2D eigenvalue weighted by Crippen LogP contribution is -2.35. The molecule has 0 aromatic carbocycles. The second-order valence-electron chi connectivity index (χ2n) is 7.65. The first-order valence-electron chi connectivity index (χ1n) is 10.00. The van der Waals surface area contributed by atoms with Crippen LogP contribution in [0.5, 0.6) is 0 Å². The van der Waals surface area contributed by atoms with Crippen LogP contribution in [-0.2, 0) is 19.3 Å². The number of hydrogen-bond donors (Lipinski definition) is 1. The standard InChI is InChI=1S/C21H23F3N6/c1-14-5-4-10-30(13-14)20-28-17(16-7-3-9-27-19(16)29-20)12-25-11-15-6-2-8-26-18(15)21(22,23)24/h2-3,6-9,14,25H,4-5,10-13H2,1H3. The Morgan fingerprint density at radius 2 is 1.90 bits per heavy atom. The fourth-order valence-electron chi connectivity index (χ4n) is 3.81. The van der Waals surface area contributed by atoms with Crippen LogP contribution in [0, 0.1) is 5.92 Å². The van der Waals surface area contributed by atoms with Crippen LogP contribution in [0.15, 0.2) is 36.7 Å². The van der Waals surface area contributed by atoms with Gasteiger partial charge in [0.15, 0.2) is 5.65 Å². The van der Waals surface area contributed by atoms with Crippen LogP contribution < -0.4 is 10.2 Å². The van der Waals surface area contributed by atoms with Crippen molar-refractivity contribution in [2.75, 3.05) is 18.0 Å². The highest BCUT2D eigenvalue weighted by Gasteiger charge is 2.34. The summed E-state index contributed by atoms with van der Waals surface area (Å²) >= 11 is 0. The lowest BCUT2D eigenvalue weighted by atomic mass is 10.0. The molecular weight excluding hydrogens is 393 g/mol. The number of hydrogen-bond acceptors (Lipinski definition) is 6. The maximum Gasteiger partial charge on any atom is 0.433 e. The van der Waals surface area contributed by atoms with Gasteiger partial charge in [0.2, 0.25) is 5.95 Å². The van der Waals surface area contributed by atoms with Gasteiger partial charge in [0, 0.05) is 44.0 Å². The van der Waals surface area contributed by atoms with Gasteiger partial charge in [0.1, 0.15) is 5.69 Å². The van der Waals surface area contributed by atoms with E-state index >= 15 is 0 Å². The van der Waals surface area contributed by atoms with Crippen molar-refractivity contribution >= 4 is 17.0 Å². The van der Waals surface area contributed by atoms with Gasteiger partial charge in [-0.1, -0.05) is 13.0 Å². The lowest BCUT2D eigenvalue weighted by Gasteiger charge is -2.31. The third-order valence-corrected chi connectivity index (χ3v) is 5.25. The normalized spacial score (nSPS) is 17.5. The average Bonchev–Trinajstić information content (AvgIpc) is 2.73. The molecule has 0 radical (unpaired) electrons. The van der Waals surface area contributed by atoms with E-state index in [0.29, 0.717) is 24.1 Å². The van der Waals surface area contributed by atoms with Gasteiger partial charge in [-0.15, -0.1) is 0 Å². The molecule has 0 aliphatic carbocycles. The van der Waals surface area contributed by atoms with Gasteiger partial charge < -0.3 is 10.2 Å². The van der Waals surface area contributed by atoms with E-state index in [1.54, 1.807) is 12.3 Å². The molecule has 1 saturated heterocycles. The number of piperidine rings is 1. The first-order chi connectivity index (χ1) is 14.4. The van der Waals surface area contributed by atoms with Gasteiger partial charge in [-0.05, 0) is 42.5 Å². The van der Waals surface area contributed by atoms with Gasteiger partial charge in [0.25, 0.3) is 0 Å². The molecule has 30 heavy (non-hydrogen) atoms. The first-order valence-corrected chi connectivity index (χ1v) is 10.00. The van der Waals surface area contributed by atoms with Crippen LogP contribution in [0.1, 0.15) is 36.7 Å². The molecule has 1 N–H and O–H groups in total. The van der Waals surface area contributed by atoms with Crippen molar-refractivity contribution in [1.82, 2.24) is 25.3 Å². The maximum atomic E-state index is 13.2. The summed E-state index contributed by atoms with van der Waals surface area (Å²) in [7, 11) is 0. The second-order valence-corrected chi connectivity index (χ2v) is 7.65. The molecule has 1 aliphatic heterocycles. The molecule has 158 valence electrons. The van der Waals surface area contributed by atoms with Crippen molar-refractivity contribution in [2.24, 2.45) is 5.92 Å². The highest BCUT2D eigenvalue weighted by atomic mass is 19.4. The molecule has 1 unspecified atom stereocenters. The SMILES string of the molecule is CC1CCCN(c2nc(CNCc3cccnc3C(F)(F)F)c3cccnc3n2)C1. The van der Waals surface area contributed by atoms with E-state index < -0.39 is 11.9 Å². The summed E-state index contributed by atoms with van der Waals surface area (Å²) < 4.78 is 39.5. The zero-order valence-corrected chi connectivity index (χ0v) is 16.7.